The number of nitrogens with one attached hydrogen (secondary N) is 1. The molecule has 1 aliphatic rings. The Hall–Kier alpha value is -2.78. The first kappa shape index (κ1) is 23.9. The van der Waals surface area contributed by atoms with E-state index in [0.717, 1.165) is 43.0 Å². The van der Waals surface area contributed by atoms with Crippen LogP contribution in [0.1, 0.15) is 43.3 Å². The molecule has 8 nitrogen and oxygen atoms in total. The summed E-state index contributed by atoms with van der Waals surface area (Å²) in [6, 6.07) is 7.93. The molecule has 2 heterocycles. The SMILES string of the molecule is CN1CCC(Nc2cccc(-c3sc(C(=O)OC(C)(C)C)c(OCC(=O)O)c3O)c2)CC1. The zero-order valence-corrected chi connectivity index (χ0v) is 19.6. The molecular weight excluding hydrogens is 432 g/mol. The molecule has 0 bridgehead atoms. The molecule has 1 aromatic carbocycles. The van der Waals surface area contributed by atoms with Crippen LogP contribution in [-0.4, -0.2) is 65.4 Å². The molecule has 1 saturated heterocycles. The van der Waals surface area contributed by atoms with E-state index in [-0.39, 0.29) is 16.4 Å². The number of rotatable bonds is 7. The second kappa shape index (κ2) is 9.79. The summed E-state index contributed by atoms with van der Waals surface area (Å²) >= 11 is 1.02. The van der Waals surface area contributed by atoms with Gasteiger partial charge in [0.1, 0.15) is 5.60 Å². The highest BCUT2D eigenvalue weighted by Crippen LogP contribution is 2.48. The maximum Gasteiger partial charge on any atom is 0.352 e. The number of carboxylic acid groups (broad SMARTS) is 1. The van der Waals surface area contributed by atoms with Crippen molar-refractivity contribution in [2.75, 3.05) is 32.1 Å². The number of aliphatic carboxylic acids is 1. The summed E-state index contributed by atoms with van der Waals surface area (Å²) in [5, 5.41) is 23.3. The van der Waals surface area contributed by atoms with E-state index in [4.69, 9.17) is 14.6 Å². The van der Waals surface area contributed by atoms with Crippen LogP contribution in [0.2, 0.25) is 0 Å². The molecule has 1 aromatic heterocycles. The second-order valence-corrected chi connectivity index (χ2v) is 9.95. The number of ether oxygens (including phenoxy) is 2. The first-order valence-corrected chi connectivity index (χ1v) is 11.3. The number of anilines is 1. The van der Waals surface area contributed by atoms with Crippen molar-refractivity contribution in [2.45, 2.75) is 45.3 Å². The number of hydrogen-bond acceptors (Lipinski definition) is 8. The van der Waals surface area contributed by atoms with Crippen LogP contribution in [0.25, 0.3) is 10.4 Å². The van der Waals surface area contributed by atoms with Crippen molar-refractivity contribution in [3.63, 3.8) is 0 Å². The van der Waals surface area contributed by atoms with Gasteiger partial charge >= 0.3 is 11.9 Å². The van der Waals surface area contributed by atoms with E-state index >= 15 is 0 Å². The molecule has 0 unspecified atom stereocenters. The highest BCUT2D eigenvalue weighted by Gasteiger charge is 2.29. The second-order valence-electron chi connectivity index (χ2n) is 8.93. The normalized spacial score (nSPS) is 15.4. The number of thiophene rings is 1. The average Bonchev–Trinajstić information content (AvgIpc) is 3.03. The van der Waals surface area contributed by atoms with Gasteiger partial charge in [0.2, 0.25) is 0 Å². The van der Waals surface area contributed by atoms with Gasteiger partial charge in [-0.3, -0.25) is 0 Å². The lowest BCUT2D eigenvalue weighted by atomic mass is 10.0. The number of nitrogens with zero attached hydrogens (tertiary/aromatic N) is 1. The summed E-state index contributed by atoms with van der Waals surface area (Å²) in [6.07, 6.45) is 2.09. The molecule has 3 N–H and O–H groups in total. The van der Waals surface area contributed by atoms with Crippen molar-refractivity contribution in [1.82, 2.24) is 4.90 Å². The van der Waals surface area contributed by atoms with Crippen LogP contribution >= 0.6 is 11.3 Å². The fourth-order valence-corrected chi connectivity index (χ4v) is 4.48. The maximum atomic E-state index is 12.7. The van der Waals surface area contributed by atoms with E-state index in [2.05, 4.69) is 17.3 Å². The minimum atomic E-state index is -1.21. The van der Waals surface area contributed by atoms with Crippen LogP contribution in [0.5, 0.6) is 11.5 Å². The highest BCUT2D eigenvalue weighted by molar-refractivity contribution is 7.18. The number of aromatic hydroxyl groups is 1. The van der Waals surface area contributed by atoms with E-state index in [1.807, 2.05) is 24.3 Å². The Morgan fingerprint density at radius 3 is 2.56 bits per heavy atom. The molecule has 32 heavy (non-hydrogen) atoms. The van der Waals surface area contributed by atoms with Gasteiger partial charge in [0.15, 0.2) is 23.0 Å². The molecule has 9 heteroatoms. The average molecular weight is 463 g/mol. The Morgan fingerprint density at radius 2 is 1.94 bits per heavy atom. The summed E-state index contributed by atoms with van der Waals surface area (Å²) in [6.45, 7) is 6.58. The standard InChI is InChI=1S/C23H30N2O6S/c1-23(2,3)31-22(29)21-19(30-13-17(26)27)18(28)20(32-21)14-6-5-7-16(12-14)24-15-8-10-25(4)11-9-15/h5-7,12,15,24,28H,8-11,13H2,1-4H3,(H,26,27). The van der Waals surface area contributed by atoms with E-state index in [9.17, 15) is 14.7 Å². The van der Waals surface area contributed by atoms with Crippen molar-refractivity contribution < 1.29 is 29.3 Å². The molecule has 2 aromatic rings. The van der Waals surface area contributed by atoms with E-state index in [1.54, 1.807) is 20.8 Å². The van der Waals surface area contributed by atoms with Gasteiger partial charge in [0.25, 0.3) is 0 Å². The first-order chi connectivity index (χ1) is 15.0. The molecular formula is C23H30N2O6S. The summed E-state index contributed by atoms with van der Waals surface area (Å²) in [4.78, 5) is 26.5. The molecule has 0 radical (unpaired) electrons. The summed E-state index contributed by atoms with van der Waals surface area (Å²) < 4.78 is 10.7. The number of benzene rings is 1. The lowest BCUT2D eigenvalue weighted by molar-refractivity contribution is -0.139. The van der Waals surface area contributed by atoms with Crippen LogP contribution in [0.3, 0.4) is 0 Å². The van der Waals surface area contributed by atoms with Crippen LogP contribution in [0.4, 0.5) is 5.69 Å². The molecule has 0 atom stereocenters. The minimum absolute atomic E-state index is 0.0300. The number of hydrogen-bond donors (Lipinski definition) is 3. The lowest BCUT2D eigenvalue weighted by Gasteiger charge is -2.30. The van der Waals surface area contributed by atoms with Gasteiger partial charge in [0.05, 0.1) is 4.88 Å². The fraction of sp³-hybridized carbons (Fsp3) is 0.478. The third kappa shape index (κ3) is 6.14. The van der Waals surface area contributed by atoms with Gasteiger partial charge in [-0.25, -0.2) is 9.59 Å². The molecule has 3 rings (SSSR count). The van der Waals surface area contributed by atoms with Crippen molar-refractivity contribution in [3.05, 3.63) is 29.1 Å². The number of likely N-dealkylation sites (tertiary alicyclic amines) is 1. The Labute approximate surface area is 191 Å². The molecule has 0 amide bonds. The lowest BCUT2D eigenvalue weighted by Crippen LogP contribution is -2.36. The molecule has 1 fully saturated rings. The molecule has 0 spiro atoms. The van der Waals surface area contributed by atoms with Crippen LogP contribution in [0.15, 0.2) is 24.3 Å². The van der Waals surface area contributed by atoms with Crippen molar-refractivity contribution in [1.29, 1.82) is 0 Å². The molecule has 174 valence electrons. The van der Waals surface area contributed by atoms with E-state index in [1.165, 1.54) is 0 Å². The largest absolute Gasteiger partial charge is 0.503 e. The summed E-state index contributed by atoms with van der Waals surface area (Å²) in [5.41, 5.74) is 0.857. The smallest absolute Gasteiger partial charge is 0.352 e. The fourth-order valence-electron chi connectivity index (χ4n) is 3.47. The van der Waals surface area contributed by atoms with Gasteiger partial charge in [0, 0.05) is 11.7 Å². The van der Waals surface area contributed by atoms with Gasteiger partial charge < -0.3 is 29.9 Å². The first-order valence-electron chi connectivity index (χ1n) is 10.5. The number of carbonyl (C=O) groups is 2. The van der Waals surface area contributed by atoms with Gasteiger partial charge in [-0.15, -0.1) is 11.3 Å². The minimum Gasteiger partial charge on any atom is -0.503 e. The summed E-state index contributed by atoms with van der Waals surface area (Å²) in [5.74, 6) is -2.33. The predicted octanol–water partition coefficient (Wildman–Crippen LogP) is 4.05. The Balaban J connectivity index is 1.90. The summed E-state index contributed by atoms with van der Waals surface area (Å²) in [7, 11) is 2.11. The topological polar surface area (TPSA) is 108 Å². The van der Waals surface area contributed by atoms with Crippen LogP contribution in [0, 0.1) is 0 Å². The highest BCUT2D eigenvalue weighted by atomic mass is 32.1. The quantitative estimate of drug-likeness (QED) is 0.529. The molecule has 0 aliphatic carbocycles. The van der Waals surface area contributed by atoms with Crippen molar-refractivity contribution in [3.8, 4) is 21.9 Å². The number of carbonyl (C=O) groups excluding carboxylic acids is 1. The third-order valence-electron chi connectivity index (χ3n) is 4.98. The Kier molecular flexibility index (Phi) is 7.30. The number of carboxylic acids is 1. The van der Waals surface area contributed by atoms with Gasteiger partial charge in [-0.2, -0.15) is 0 Å². The molecule has 0 saturated carbocycles. The van der Waals surface area contributed by atoms with Crippen molar-refractivity contribution in [2.24, 2.45) is 0 Å². The zero-order chi connectivity index (χ0) is 23.5. The number of esters is 1. The Morgan fingerprint density at radius 1 is 1.25 bits per heavy atom. The van der Waals surface area contributed by atoms with Crippen LogP contribution < -0.4 is 10.1 Å². The predicted molar refractivity (Wildman–Crippen MR) is 124 cm³/mol. The zero-order valence-electron chi connectivity index (χ0n) is 18.8. The monoisotopic (exact) mass is 462 g/mol. The van der Waals surface area contributed by atoms with E-state index in [0.29, 0.717) is 16.5 Å². The van der Waals surface area contributed by atoms with Crippen molar-refractivity contribution >= 4 is 29.0 Å². The van der Waals surface area contributed by atoms with E-state index < -0.39 is 24.1 Å². The Bertz CT molecular complexity index is 973. The van der Waals surface area contributed by atoms with Gasteiger partial charge in [-0.05, 0) is 71.4 Å². The maximum absolute atomic E-state index is 12.7. The van der Waals surface area contributed by atoms with Gasteiger partial charge in [-0.1, -0.05) is 12.1 Å². The molecule has 1 aliphatic heterocycles. The number of piperidine rings is 1. The third-order valence-corrected chi connectivity index (χ3v) is 6.17. The van der Waals surface area contributed by atoms with Crippen LogP contribution in [-0.2, 0) is 9.53 Å².